The summed E-state index contributed by atoms with van der Waals surface area (Å²) in [7, 11) is 0. The number of furan rings is 2. The molecule has 2 aromatic heterocycles. The molecule has 0 spiro atoms. The molecule has 0 N–H and O–H groups in total. The van der Waals surface area contributed by atoms with Crippen LogP contribution in [0, 0.1) is 0 Å². The summed E-state index contributed by atoms with van der Waals surface area (Å²) in [6.07, 6.45) is 0. The predicted octanol–water partition coefficient (Wildman–Crippen LogP) is 11.6. The monoisotopic (exact) mass is 560 g/mol. The summed E-state index contributed by atoms with van der Waals surface area (Å²) in [4.78, 5) is 0. The van der Waals surface area contributed by atoms with Crippen LogP contribution < -0.4 is 0 Å². The largest absolute Gasteiger partial charge is 0.452 e. The molecule has 2 nitrogen and oxygen atoms in total. The fraction of sp³-hybridized carbons (Fsp3) is 0. The molecule has 0 aliphatic heterocycles. The van der Waals surface area contributed by atoms with Gasteiger partial charge in [-0.1, -0.05) is 127 Å². The highest BCUT2D eigenvalue weighted by Crippen LogP contribution is 2.50. The molecular weight excluding hydrogens is 512 g/mol. The Morgan fingerprint density at radius 1 is 0.333 bits per heavy atom. The molecule has 42 heavy (non-hydrogen) atoms. The zero-order valence-electron chi connectivity index (χ0n) is 44.8. The molecule has 7 aromatic carbocycles. The van der Waals surface area contributed by atoms with Crippen molar-refractivity contribution in [1.82, 2.24) is 0 Å². The lowest BCUT2D eigenvalue weighted by Gasteiger charge is -2.17. The molecule has 0 bridgehead atoms. The van der Waals surface area contributed by atoms with Crippen LogP contribution in [0.15, 0.2) is 154 Å². The number of rotatable bonds is 3. The highest BCUT2D eigenvalue weighted by atomic mass is 16.4. The van der Waals surface area contributed by atoms with Gasteiger partial charge in [-0.3, -0.25) is 0 Å². The third-order valence-electron chi connectivity index (χ3n) is 6.86. The summed E-state index contributed by atoms with van der Waals surface area (Å²) in [5.74, 6) is -0.790. The fourth-order valence-electron chi connectivity index (χ4n) is 5.20. The maximum Gasteiger partial charge on any atom is 0.178 e. The van der Waals surface area contributed by atoms with Gasteiger partial charge in [0.15, 0.2) is 11.2 Å². The van der Waals surface area contributed by atoms with E-state index in [2.05, 4.69) is 0 Å². The van der Waals surface area contributed by atoms with Crippen LogP contribution in [-0.4, -0.2) is 0 Å². The van der Waals surface area contributed by atoms with Crippen LogP contribution in [-0.2, 0) is 0 Å². The summed E-state index contributed by atoms with van der Waals surface area (Å²) >= 11 is 0. The van der Waals surface area contributed by atoms with Gasteiger partial charge in [0.25, 0.3) is 0 Å². The van der Waals surface area contributed by atoms with E-state index in [1.807, 2.05) is 0 Å². The van der Waals surface area contributed by atoms with E-state index in [1.165, 1.54) is 0 Å². The van der Waals surface area contributed by atoms with Crippen molar-refractivity contribution >= 4 is 54.5 Å². The molecule has 0 amide bonds. The number of hydrogen-bond donors (Lipinski definition) is 0. The Kier molecular flexibility index (Phi) is 2.08. The van der Waals surface area contributed by atoms with E-state index in [1.54, 1.807) is 0 Å². The zero-order chi connectivity index (χ0) is 48.5. The number of para-hydroxylation sites is 1. The van der Waals surface area contributed by atoms with E-state index in [9.17, 15) is 8.22 Å². The normalized spacial score (nSPS) is 19.8. The first-order chi connectivity index (χ1) is 30.8. The summed E-state index contributed by atoms with van der Waals surface area (Å²) in [5.41, 5.74) is -5.09. The Balaban J connectivity index is 1.70. The Morgan fingerprint density at radius 3 is 1.40 bits per heavy atom. The lowest BCUT2D eigenvalue weighted by Crippen LogP contribution is -1.91. The molecule has 0 fully saturated rings. The SMILES string of the molecule is [2H]c1c([2H])c([2H])c(-c2c3c([2H])c([2H])c([2H])c([2H])c3c(-c3oc4c(c([2H])c([2H])c5c4oc4c([2H])c([2H])c([2H])c([2H])c45)c3-c3c([2H])c([2H])c([2H])c([2H])c3[2H])c3c([2H])c([2H])c([2H])c([2H])c23)c([2H])c1[2H]. The second-order valence-corrected chi connectivity index (χ2v) is 9.02. The van der Waals surface area contributed by atoms with Gasteiger partial charge in [0, 0.05) is 27.3 Å². The Morgan fingerprint density at radius 2 is 0.786 bits per heavy atom. The van der Waals surface area contributed by atoms with E-state index in [0.717, 1.165) is 0 Å². The molecule has 0 aliphatic carbocycles. The molecule has 2 heterocycles. The summed E-state index contributed by atoms with van der Waals surface area (Å²) in [5, 5.41) is -4.04. The van der Waals surface area contributed by atoms with Crippen LogP contribution >= 0.6 is 0 Å². The van der Waals surface area contributed by atoms with E-state index >= 15 is 0 Å². The van der Waals surface area contributed by atoms with Gasteiger partial charge in [0.1, 0.15) is 11.3 Å². The number of hydrogen-bond acceptors (Lipinski definition) is 2. The zero-order valence-corrected chi connectivity index (χ0v) is 20.8. The van der Waals surface area contributed by atoms with Gasteiger partial charge in [-0.2, -0.15) is 0 Å². The van der Waals surface area contributed by atoms with Crippen LogP contribution in [0.4, 0.5) is 0 Å². The Hall–Kier alpha value is -5.60. The molecule has 2 heteroatoms. The van der Waals surface area contributed by atoms with Gasteiger partial charge in [0.05, 0.1) is 32.9 Å². The highest BCUT2D eigenvalue weighted by molar-refractivity contribution is 6.24. The molecule has 0 atom stereocenters. The topological polar surface area (TPSA) is 26.3 Å². The molecule has 0 unspecified atom stereocenters. The third-order valence-corrected chi connectivity index (χ3v) is 6.86. The molecular formula is C40H24O2. The van der Waals surface area contributed by atoms with Crippen LogP contribution in [0.25, 0.3) is 88.0 Å². The minimum Gasteiger partial charge on any atom is -0.452 e. The maximum atomic E-state index is 9.44. The summed E-state index contributed by atoms with van der Waals surface area (Å²) < 4.78 is 225. The van der Waals surface area contributed by atoms with Gasteiger partial charge in [-0.05, 0) is 56.4 Å². The van der Waals surface area contributed by atoms with Crippen LogP contribution in [0.2, 0.25) is 0 Å². The van der Waals surface area contributed by atoms with Crippen molar-refractivity contribution in [3.63, 3.8) is 0 Å². The van der Waals surface area contributed by atoms with Crippen molar-refractivity contribution in [2.24, 2.45) is 0 Å². The molecule has 9 rings (SSSR count). The first-order valence-electron chi connectivity index (χ1n) is 24.3. The van der Waals surface area contributed by atoms with E-state index in [-0.39, 0.29) is 5.39 Å². The van der Waals surface area contributed by atoms with E-state index in [0.29, 0.717) is 0 Å². The van der Waals surface area contributed by atoms with Crippen molar-refractivity contribution in [1.29, 1.82) is 0 Å². The Bertz CT molecular complexity index is 3670. The molecule has 0 radical (unpaired) electrons. The first kappa shape index (κ1) is 9.75. The molecule has 196 valence electrons. The van der Waals surface area contributed by atoms with Crippen LogP contribution in [0.5, 0.6) is 0 Å². The van der Waals surface area contributed by atoms with Gasteiger partial charge in [-0.25, -0.2) is 0 Å². The average molecular weight is 561 g/mol. The lowest BCUT2D eigenvalue weighted by atomic mass is 9.86. The minimum absolute atomic E-state index is 0.360. The van der Waals surface area contributed by atoms with Crippen molar-refractivity contribution in [3.05, 3.63) is 145 Å². The summed E-state index contributed by atoms with van der Waals surface area (Å²) in [6, 6.07) is -21.2. The second kappa shape index (κ2) is 8.95. The highest BCUT2D eigenvalue weighted by Gasteiger charge is 2.25. The standard InChI is InChI=1S/C40H24O2/c1-3-13-25(14-4-1)35-28-18-7-9-20-30(28)37(31-21-10-8-19-29(31)35)40-36(26-15-5-2-6-16-26)33-24-23-32-27-17-11-12-22-34(27)41-38(32)39(33)42-40/h1-24H/i1D,2D,3D,4D,5D,6D,7D,8D,9D,10D,11D,12D,13D,14D,15D,16D,17D,18D,19D,20D,21D,22D,23D,24D. The molecule has 0 saturated heterocycles. The smallest absolute Gasteiger partial charge is 0.178 e. The fourth-order valence-corrected chi connectivity index (χ4v) is 5.20. The van der Waals surface area contributed by atoms with Crippen molar-refractivity contribution in [2.45, 2.75) is 0 Å². The number of fused-ring (bicyclic) bond motifs is 7. The van der Waals surface area contributed by atoms with Crippen LogP contribution in [0.3, 0.4) is 0 Å². The lowest BCUT2D eigenvalue weighted by molar-refractivity contribution is 0.613. The quantitative estimate of drug-likeness (QED) is 0.201. The van der Waals surface area contributed by atoms with Crippen molar-refractivity contribution in [2.75, 3.05) is 0 Å². The van der Waals surface area contributed by atoms with E-state index < -0.39 is 228 Å². The van der Waals surface area contributed by atoms with Crippen molar-refractivity contribution in [3.8, 4) is 33.6 Å². The Labute approximate surface area is 275 Å². The van der Waals surface area contributed by atoms with Crippen LogP contribution in [0.1, 0.15) is 32.9 Å². The van der Waals surface area contributed by atoms with Crippen molar-refractivity contribution < 1.29 is 41.7 Å². The molecule has 0 aliphatic rings. The van der Waals surface area contributed by atoms with Gasteiger partial charge in [0.2, 0.25) is 0 Å². The molecule has 0 saturated carbocycles. The molecule has 9 aromatic rings. The summed E-state index contributed by atoms with van der Waals surface area (Å²) in [6.45, 7) is 0. The van der Waals surface area contributed by atoms with Gasteiger partial charge < -0.3 is 8.83 Å². The average Bonchev–Trinajstić information content (AvgIpc) is 3.89. The predicted molar refractivity (Wildman–Crippen MR) is 175 cm³/mol. The maximum absolute atomic E-state index is 9.44. The van der Waals surface area contributed by atoms with Gasteiger partial charge in [-0.15, -0.1) is 0 Å². The second-order valence-electron chi connectivity index (χ2n) is 9.02. The minimum atomic E-state index is -0.959. The van der Waals surface area contributed by atoms with Gasteiger partial charge >= 0.3 is 0 Å². The number of benzene rings is 7. The first-order valence-corrected chi connectivity index (χ1v) is 12.3. The van der Waals surface area contributed by atoms with E-state index in [4.69, 9.17) is 33.5 Å². The third kappa shape index (κ3) is 3.27.